The van der Waals surface area contributed by atoms with E-state index in [9.17, 15) is 9.90 Å². The van der Waals surface area contributed by atoms with Crippen LogP contribution >= 0.6 is 0 Å². The predicted molar refractivity (Wildman–Crippen MR) is 121 cm³/mol. The summed E-state index contributed by atoms with van der Waals surface area (Å²) in [6.45, 7) is 7.71. The van der Waals surface area contributed by atoms with Gasteiger partial charge >= 0.3 is 0 Å². The minimum absolute atomic E-state index is 0.271. The molecule has 0 aliphatic rings. The molecule has 0 heterocycles. The normalized spacial score (nSPS) is 12.2. The second-order valence-corrected chi connectivity index (χ2v) is 7.89. The van der Waals surface area contributed by atoms with Crippen molar-refractivity contribution in [2.45, 2.75) is 65.0 Å². The standard InChI is InChI=1S/C25H36N2O3/c1-3-17-27(18-4-2)19-20-9-11-21(12-10-20)22-13-15-23(16-14-22)24(28)7-5-6-8-25(29)26-30/h9-16,24,28,30H,3-8,17-19H2,1-2H3,(H,26,29)/t24-/m1/s1. The molecule has 2 aromatic carbocycles. The van der Waals surface area contributed by atoms with E-state index in [0.717, 1.165) is 37.2 Å². The van der Waals surface area contributed by atoms with Gasteiger partial charge in [-0.2, -0.15) is 0 Å². The molecule has 0 unspecified atom stereocenters. The molecule has 30 heavy (non-hydrogen) atoms. The number of aliphatic hydroxyl groups is 1. The van der Waals surface area contributed by atoms with Crippen molar-refractivity contribution < 1.29 is 15.1 Å². The molecule has 2 aromatic rings. The minimum atomic E-state index is -0.540. The van der Waals surface area contributed by atoms with Gasteiger partial charge in [0.1, 0.15) is 0 Å². The molecule has 2 rings (SSSR count). The molecule has 0 bridgehead atoms. The number of nitrogens with one attached hydrogen (secondary N) is 1. The Morgan fingerprint density at radius 1 is 0.933 bits per heavy atom. The number of hydrogen-bond donors (Lipinski definition) is 3. The Hall–Kier alpha value is -2.21. The Labute approximate surface area is 180 Å². The molecule has 0 radical (unpaired) electrons. The van der Waals surface area contributed by atoms with E-state index in [1.54, 1.807) is 5.48 Å². The lowest BCUT2D eigenvalue weighted by atomic mass is 9.98. The third-order valence-electron chi connectivity index (χ3n) is 5.32. The summed E-state index contributed by atoms with van der Waals surface area (Å²) < 4.78 is 0. The highest BCUT2D eigenvalue weighted by atomic mass is 16.5. The molecule has 0 saturated heterocycles. The number of rotatable bonds is 13. The molecule has 5 heteroatoms. The van der Waals surface area contributed by atoms with Gasteiger partial charge in [0.25, 0.3) is 0 Å². The molecule has 0 saturated carbocycles. The summed E-state index contributed by atoms with van der Waals surface area (Å²) in [5.41, 5.74) is 6.16. The van der Waals surface area contributed by atoms with E-state index >= 15 is 0 Å². The molecular formula is C25H36N2O3. The largest absolute Gasteiger partial charge is 0.388 e. The molecule has 0 fully saturated rings. The van der Waals surface area contributed by atoms with Crippen LogP contribution in [0.4, 0.5) is 0 Å². The Morgan fingerprint density at radius 2 is 1.50 bits per heavy atom. The van der Waals surface area contributed by atoms with Crippen LogP contribution in [-0.4, -0.2) is 34.2 Å². The van der Waals surface area contributed by atoms with Crippen LogP contribution in [0.2, 0.25) is 0 Å². The number of carbonyl (C=O) groups is 1. The third kappa shape index (κ3) is 7.90. The smallest absolute Gasteiger partial charge is 0.243 e. The Kier molecular flexibility index (Phi) is 10.6. The van der Waals surface area contributed by atoms with Crippen molar-refractivity contribution in [3.63, 3.8) is 0 Å². The van der Waals surface area contributed by atoms with Crippen LogP contribution in [0, 0.1) is 0 Å². The topological polar surface area (TPSA) is 72.8 Å². The van der Waals surface area contributed by atoms with E-state index in [1.165, 1.54) is 24.0 Å². The van der Waals surface area contributed by atoms with Gasteiger partial charge in [-0.15, -0.1) is 0 Å². The lowest BCUT2D eigenvalue weighted by Gasteiger charge is -2.21. The molecular weight excluding hydrogens is 376 g/mol. The number of benzene rings is 2. The van der Waals surface area contributed by atoms with Crippen molar-refractivity contribution in [1.82, 2.24) is 10.4 Å². The van der Waals surface area contributed by atoms with E-state index < -0.39 is 6.10 Å². The van der Waals surface area contributed by atoms with Gasteiger partial charge in [-0.25, -0.2) is 5.48 Å². The van der Waals surface area contributed by atoms with Crippen LogP contribution in [0.1, 0.15) is 69.6 Å². The van der Waals surface area contributed by atoms with E-state index in [1.807, 2.05) is 24.3 Å². The number of hydrogen-bond acceptors (Lipinski definition) is 4. The van der Waals surface area contributed by atoms with Gasteiger partial charge in [0, 0.05) is 13.0 Å². The number of unbranched alkanes of at least 4 members (excludes halogenated alkanes) is 1. The molecule has 0 aliphatic carbocycles. The highest BCUT2D eigenvalue weighted by molar-refractivity contribution is 5.74. The fourth-order valence-electron chi connectivity index (χ4n) is 3.71. The zero-order valence-electron chi connectivity index (χ0n) is 18.3. The fraction of sp³-hybridized carbons (Fsp3) is 0.480. The van der Waals surface area contributed by atoms with Crippen molar-refractivity contribution in [2.24, 2.45) is 0 Å². The van der Waals surface area contributed by atoms with E-state index in [-0.39, 0.29) is 12.3 Å². The Balaban J connectivity index is 1.90. The SMILES string of the molecule is CCCN(CCC)Cc1ccc(-c2ccc([C@H](O)CCCCC(=O)NO)cc2)cc1. The monoisotopic (exact) mass is 412 g/mol. The maximum atomic E-state index is 11.0. The van der Waals surface area contributed by atoms with Crippen LogP contribution in [-0.2, 0) is 11.3 Å². The van der Waals surface area contributed by atoms with Crippen molar-refractivity contribution in [2.75, 3.05) is 13.1 Å². The number of aliphatic hydroxyl groups excluding tert-OH is 1. The highest BCUT2D eigenvalue weighted by Gasteiger charge is 2.09. The van der Waals surface area contributed by atoms with Crippen LogP contribution in [0.5, 0.6) is 0 Å². The average Bonchev–Trinajstić information content (AvgIpc) is 2.77. The van der Waals surface area contributed by atoms with Gasteiger partial charge in [-0.05, 0) is 61.0 Å². The molecule has 1 atom stereocenters. The summed E-state index contributed by atoms with van der Waals surface area (Å²) in [6.07, 6.45) is 4.04. The number of nitrogens with zero attached hydrogens (tertiary/aromatic N) is 1. The van der Waals surface area contributed by atoms with Gasteiger partial charge in [0.2, 0.25) is 5.91 Å². The van der Waals surface area contributed by atoms with Gasteiger partial charge in [-0.1, -0.05) is 68.8 Å². The zero-order valence-corrected chi connectivity index (χ0v) is 18.3. The summed E-state index contributed by atoms with van der Waals surface area (Å²) in [5.74, 6) is -0.386. The lowest BCUT2D eigenvalue weighted by molar-refractivity contribution is -0.129. The van der Waals surface area contributed by atoms with Crippen LogP contribution in [0.25, 0.3) is 11.1 Å². The summed E-state index contributed by atoms with van der Waals surface area (Å²) >= 11 is 0. The molecule has 0 aliphatic heterocycles. The first-order chi connectivity index (χ1) is 14.6. The van der Waals surface area contributed by atoms with E-state index in [2.05, 4.69) is 43.0 Å². The second kappa shape index (κ2) is 13.2. The van der Waals surface area contributed by atoms with Crippen molar-refractivity contribution >= 4 is 5.91 Å². The predicted octanol–water partition coefficient (Wildman–Crippen LogP) is 5.07. The highest BCUT2D eigenvalue weighted by Crippen LogP contribution is 2.25. The van der Waals surface area contributed by atoms with E-state index in [0.29, 0.717) is 12.8 Å². The van der Waals surface area contributed by atoms with Crippen molar-refractivity contribution in [1.29, 1.82) is 0 Å². The van der Waals surface area contributed by atoms with Gasteiger partial charge < -0.3 is 5.11 Å². The van der Waals surface area contributed by atoms with Gasteiger partial charge in [0.15, 0.2) is 0 Å². The maximum absolute atomic E-state index is 11.0. The molecule has 3 N–H and O–H groups in total. The second-order valence-electron chi connectivity index (χ2n) is 7.89. The number of amides is 1. The lowest BCUT2D eigenvalue weighted by Crippen LogP contribution is -2.24. The summed E-state index contributed by atoms with van der Waals surface area (Å²) in [7, 11) is 0. The van der Waals surface area contributed by atoms with Crippen LogP contribution in [0.3, 0.4) is 0 Å². The first-order valence-electron chi connectivity index (χ1n) is 11.1. The van der Waals surface area contributed by atoms with Gasteiger partial charge in [0.05, 0.1) is 6.10 Å². The first-order valence-corrected chi connectivity index (χ1v) is 11.1. The first kappa shape index (κ1) is 24.1. The quantitative estimate of drug-likeness (QED) is 0.244. The summed E-state index contributed by atoms with van der Waals surface area (Å²) in [5, 5.41) is 18.8. The zero-order chi connectivity index (χ0) is 21.8. The molecule has 0 spiro atoms. The average molecular weight is 413 g/mol. The molecule has 5 nitrogen and oxygen atoms in total. The number of hydroxylamine groups is 1. The third-order valence-corrected chi connectivity index (χ3v) is 5.32. The maximum Gasteiger partial charge on any atom is 0.243 e. The number of carbonyl (C=O) groups excluding carboxylic acids is 1. The Morgan fingerprint density at radius 3 is 2.03 bits per heavy atom. The van der Waals surface area contributed by atoms with Crippen molar-refractivity contribution in [3.05, 3.63) is 59.7 Å². The van der Waals surface area contributed by atoms with Crippen molar-refractivity contribution in [3.8, 4) is 11.1 Å². The Bertz CT molecular complexity index is 738. The van der Waals surface area contributed by atoms with Crippen LogP contribution < -0.4 is 5.48 Å². The summed E-state index contributed by atoms with van der Waals surface area (Å²) in [4.78, 5) is 13.5. The fourth-order valence-corrected chi connectivity index (χ4v) is 3.71. The molecule has 164 valence electrons. The van der Waals surface area contributed by atoms with Gasteiger partial charge in [-0.3, -0.25) is 14.9 Å². The minimum Gasteiger partial charge on any atom is -0.388 e. The molecule has 1 amide bonds. The summed E-state index contributed by atoms with van der Waals surface area (Å²) in [6, 6.07) is 16.8. The van der Waals surface area contributed by atoms with E-state index in [4.69, 9.17) is 5.21 Å². The molecule has 0 aromatic heterocycles. The van der Waals surface area contributed by atoms with Crippen LogP contribution in [0.15, 0.2) is 48.5 Å².